The zero-order valence-electron chi connectivity index (χ0n) is 12.5. The van der Waals surface area contributed by atoms with E-state index < -0.39 is 11.7 Å². The van der Waals surface area contributed by atoms with Crippen molar-refractivity contribution in [2.24, 2.45) is 0 Å². The lowest BCUT2D eigenvalue weighted by molar-refractivity contribution is -0.112. The van der Waals surface area contributed by atoms with E-state index in [1.54, 1.807) is 6.07 Å². The highest BCUT2D eigenvalue weighted by atomic mass is 79.9. The topological polar surface area (TPSA) is 98.7 Å². The van der Waals surface area contributed by atoms with Gasteiger partial charge in [0, 0.05) is 11.6 Å². The molecule has 2 aromatic rings. The van der Waals surface area contributed by atoms with E-state index in [9.17, 15) is 19.8 Å². The van der Waals surface area contributed by atoms with Crippen molar-refractivity contribution in [1.82, 2.24) is 0 Å². The van der Waals surface area contributed by atoms with Crippen molar-refractivity contribution in [3.05, 3.63) is 53.4 Å². The summed E-state index contributed by atoms with van der Waals surface area (Å²) in [6, 6.07) is 4.50. The first-order chi connectivity index (χ1) is 12.2. The number of anilines is 2. The number of amides is 1. The number of phenolic OH excluding ortho intramolecular Hbond substituents is 2. The van der Waals surface area contributed by atoms with Gasteiger partial charge in [0.1, 0.15) is 17.2 Å². The van der Waals surface area contributed by atoms with Crippen molar-refractivity contribution >= 4 is 86.8 Å². The van der Waals surface area contributed by atoms with Crippen molar-refractivity contribution in [3.63, 3.8) is 0 Å². The summed E-state index contributed by atoms with van der Waals surface area (Å²) in [7, 11) is 0. The van der Waals surface area contributed by atoms with Gasteiger partial charge in [-0.05, 0) is 81.9 Å². The molecule has 0 saturated heterocycles. The summed E-state index contributed by atoms with van der Waals surface area (Å²) in [4.78, 5) is 24.8. The van der Waals surface area contributed by atoms with Crippen molar-refractivity contribution < 1.29 is 19.8 Å². The van der Waals surface area contributed by atoms with E-state index in [4.69, 9.17) is 0 Å². The second kappa shape index (κ2) is 7.34. The fourth-order valence-electron chi connectivity index (χ4n) is 2.24. The Labute approximate surface area is 181 Å². The van der Waals surface area contributed by atoms with Crippen LogP contribution in [0.3, 0.4) is 0 Å². The summed E-state index contributed by atoms with van der Waals surface area (Å²) >= 11 is 12.8. The molecule has 1 amide bonds. The SMILES string of the molecule is O=C1Nc2c(cc(Br)c(O)c2Br)N/C1=C\C(=O)c1cc(Br)c(O)c(Br)c1. The van der Waals surface area contributed by atoms with Gasteiger partial charge >= 0.3 is 0 Å². The predicted molar refractivity (Wildman–Crippen MR) is 112 cm³/mol. The van der Waals surface area contributed by atoms with Gasteiger partial charge in [-0.2, -0.15) is 0 Å². The Bertz CT molecular complexity index is 981. The van der Waals surface area contributed by atoms with Gasteiger partial charge in [-0.15, -0.1) is 0 Å². The van der Waals surface area contributed by atoms with Gasteiger partial charge in [0.15, 0.2) is 5.78 Å². The van der Waals surface area contributed by atoms with E-state index >= 15 is 0 Å². The normalized spacial score (nSPS) is 14.6. The fourth-order valence-corrected chi connectivity index (χ4v) is 4.64. The minimum atomic E-state index is -0.523. The maximum atomic E-state index is 12.5. The maximum absolute atomic E-state index is 12.5. The molecule has 0 saturated carbocycles. The third kappa shape index (κ3) is 3.55. The standard InChI is InChI=1S/C16H8Br4N2O4/c17-6-1-5(2-7(18)14(6)24)11(23)4-10-16(26)22-13-9(21-10)3-8(19)15(25)12(13)20/h1-4,21,24-25H,(H,22,26)/b10-4-. The minimum Gasteiger partial charge on any atom is -0.506 e. The second-order valence-electron chi connectivity index (χ2n) is 5.23. The van der Waals surface area contributed by atoms with Crippen LogP contribution in [0, 0.1) is 0 Å². The number of rotatable bonds is 2. The van der Waals surface area contributed by atoms with Gasteiger partial charge in [-0.25, -0.2) is 0 Å². The zero-order valence-corrected chi connectivity index (χ0v) is 18.9. The first kappa shape index (κ1) is 19.4. The first-order valence-corrected chi connectivity index (χ1v) is 10.1. The summed E-state index contributed by atoms with van der Waals surface area (Å²) in [6.07, 6.45) is 1.16. The molecule has 1 heterocycles. The van der Waals surface area contributed by atoms with Crippen LogP contribution in [-0.4, -0.2) is 21.9 Å². The van der Waals surface area contributed by atoms with E-state index in [1.807, 2.05) is 0 Å². The molecule has 10 heteroatoms. The average molecular weight is 612 g/mol. The Hall–Kier alpha value is -1.36. The molecule has 4 N–H and O–H groups in total. The second-order valence-corrected chi connectivity index (χ2v) is 8.59. The molecule has 0 radical (unpaired) electrons. The third-order valence-corrected chi connectivity index (χ3v) is 6.11. The van der Waals surface area contributed by atoms with Crippen LogP contribution in [0.2, 0.25) is 0 Å². The lowest BCUT2D eigenvalue weighted by Gasteiger charge is -2.23. The maximum Gasteiger partial charge on any atom is 0.272 e. The zero-order chi connectivity index (χ0) is 19.2. The van der Waals surface area contributed by atoms with Gasteiger partial charge in [0.2, 0.25) is 0 Å². The molecule has 0 fully saturated rings. The summed E-state index contributed by atoms with van der Waals surface area (Å²) in [5, 5.41) is 25.2. The van der Waals surface area contributed by atoms with E-state index in [2.05, 4.69) is 74.4 Å². The number of hydrogen-bond donors (Lipinski definition) is 4. The highest BCUT2D eigenvalue weighted by Gasteiger charge is 2.25. The smallest absolute Gasteiger partial charge is 0.272 e. The lowest BCUT2D eigenvalue weighted by Crippen LogP contribution is -2.26. The summed E-state index contributed by atoms with van der Waals surface area (Å²) < 4.78 is 1.44. The van der Waals surface area contributed by atoms with Crippen molar-refractivity contribution in [1.29, 1.82) is 0 Å². The van der Waals surface area contributed by atoms with Crippen LogP contribution < -0.4 is 10.6 Å². The number of carbonyl (C=O) groups excluding carboxylic acids is 2. The summed E-state index contributed by atoms with van der Waals surface area (Å²) in [5.74, 6) is -1.02. The molecule has 0 aliphatic carbocycles. The molecular formula is C16H8Br4N2O4. The molecule has 0 unspecified atom stereocenters. The molecular weight excluding hydrogens is 604 g/mol. The van der Waals surface area contributed by atoms with Crippen molar-refractivity contribution in [3.8, 4) is 11.5 Å². The number of nitrogens with one attached hydrogen (secondary N) is 2. The summed E-state index contributed by atoms with van der Waals surface area (Å²) in [5.41, 5.74) is 1.21. The molecule has 1 aliphatic rings. The average Bonchev–Trinajstić information content (AvgIpc) is 2.59. The number of benzene rings is 2. The molecule has 0 spiro atoms. The van der Waals surface area contributed by atoms with Crippen LogP contribution in [0.4, 0.5) is 11.4 Å². The Morgan fingerprint density at radius 3 is 2.12 bits per heavy atom. The quantitative estimate of drug-likeness (QED) is 0.211. The lowest BCUT2D eigenvalue weighted by atomic mass is 10.1. The number of phenols is 2. The molecule has 2 aromatic carbocycles. The largest absolute Gasteiger partial charge is 0.506 e. The van der Waals surface area contributed by atoms with Crippen LogP contribution in [0.5, 0.6) is 11.5 Å². The minimum absolute atomic E-state index is 0.0221. The number of halogens is 4. The predicted octanol–water partition coefficient (Wildman–Crippen LogP) is 5.28. The highest BCUT2D eigenvalue weighted by molar-refractivity contribution is 9.11. The number of carbonyl (C=O) groups is 2. The Kier molecular flexibility index (Phi) is 5.48. The fraction of sp³-hybridized carbons (Fsp3) is 0. The van der Waals surface area contributed by atoms with Gasteiger partial charge < -0.3 is 20.8 Å². The number of aromatic hydroxyl groups is 2. The Morgan fingerprint density at radius 2 is 1.50 bits per heavy atom. The molecule has 26 heavy (non-hydrogen) atoms. The summed E-state index contributed by atoms with van der Waals surface area (Å²) in [6.45, 7) is 0. The van der Waals surface area contributed by atoms with E-state index in [0.717, 1.165) is 6.08 Å². The molecule has 0 atom stereocenters. The van der Waals surface area contributed by atoms with E-state index in [1.165, 1.54) is 12.1 Å². The van der Waals surface area contributed by atoms with Crippen LogP contribution in [-0.2, 0) is 4.79 Å². The monoisotopic (exact) mass is 608 g/mol. The van der Waals surface area contributed by atoms with Gasteiger partial charge in [0.25, 0.3) is 5.91 Å². The number of allylic oxidation sites excluding steroid dienone is 1. The van der Waals surface area contributed by atoms with Crippen LogP contribution in [0.1, 0.15) is 10.4 Å². The Balaban J connectivity index is 1.98. The van der Waals surface area contributed by atoms with Crippen LogP contribution >= 0.6 is 63.7 Å². The number of ketones is 1. The van der Waals surface area contributed by atoms with E-state index in [-0.39, 0.29) is 22.8 Å². The number of hydrogen-bond acceptors (Lipinski definition) is 5. The van der Waals surface area contributed by atoms with E-state index in [0.29, 0.717) is 29.3 Å². The highest BCUT2D eigenvalue weighted by Crippen LogP contribution is 2.45. The molecule has 134 valence electrons. The van der Waals surface area contributed by atoms with Gasteiger partial charge in [0.05, 0.1) is 29.3 Å². The molecule has 0 aromatic heterocycles. The molecule has 6 nitrogen and oxygen atoms in total. The number of fused-ring (bicyclic) bond motifs is 1. The van der Waals surface area contributed by atoms with Gasteiger partial charge in [-0.3, -0.25) is 9.59 Å². The Morgan fingerprint density at radius 1 is 0.923 bits per heavy atom. The van der Waals surface area contributed by atoms with Crippen molar-refractivity contribution in [2.45, 2.75) is 0 Å². The molecule has 0 bridgehead atoms. The third-order valence-electron chi connectivity index (χ3n) is 3.52. The molecule has 3 rings (SSSR count). The van der Waals surface area contributed by atoms with Gasteiger partial charge in [-0.1, -0.05) is 0 Å². The van der Waals surface area contributed by atoms with Crippen LogP contribution in [0.25, 0.3) is 0 Å². The van der Waals surface area contributed by atoms with Crippen LogP contribution in [0.15, 0.2) is 47.9 Å². The first-order valence-electron chi connectivity index (χ1n) is 6.92. The van der Waals surface area contributed by atoms with Crippen molar-refractivity contribution in [2.75, 3.05) is 10.6 Å². The molecule has 1 aliphatic heterocycles.